The number of hydrogen-bond acceptors (Lipinski definition) is 2. The number of furan rings is 1. The number of nitrogens with zero attached hydrogens (tertiary/aromatic N) is 1. The third-order valence-electron chi connectivity index (χ3n) is 12.9. The molecule has 0 spiro atoms. The maximum Gasteiger partial charge on any atom is 0.144 e. The molecule has 1 heterocycles. The van der Waals surface area contributed by atoms with Crippen LogP contribution in [0.1, 0.15) is 22.3 Å². The minimum Gasteiger partial charge on any atom is -0.455 e. The molecule has 10 aromatic carbocycles. The summed E-state index contributed by atoms with van der Waals surface area (Å²) in [7, 11) is 0. The molecule has 1 aliphatic rings. The smallest absolute Gasteiger partial charge is 0.144 e. The standard InChI is InChI=1S/C61H41NO/c1-6-22-42(23-7-1)44-26-20-33-48(40-44)62(47-31-14-5-15-32-47)55-41-52(60-59(51-35-17-19-39-56(51)63-60)57(55)43-24-8-2-9-25-43)49-36-21-38-54-58(49)50-34-16-18-37-53(50)61(54,45-27-10-3-11-28-45)46-29-12-4-13-30-46/h1-41H. The number of anilines is 3. The van der Waals surface area contributed by atoms with Crippen molar-refractivity contribution in [3.8, 4) is 44.5 Å². The average molecular weight is 804 g/mol. The van der Waals surface area contributed by atoms with E-state index in [-0.39, 0.29) is 0 Å². The number of fused-ring (bicyclic) bond motifs is 6. The molecule has 12 rings (SSSR count). The van der Waals surface area contributed by atoms with Gasteiger partial charge in [0.05, 0.1) is 11.1 Å². The summed E-state index contributed by atoms with van der Waals surface area (Å²) in [6.45, 7) is 0. The third-order valence-corrected chi connectivity index (χ3v) is 12.9. The summed E-state index contributed by atoms with van der Waals surface area (Å²) in [6, 6.07) is 90.1. The Hall–Kier alpha value is -8.20. The highest BCUT2D eigenvalue weighted by Gasteiger charge is 2.47. The molecule has 0 amide bonds. The first-order valence-corrected chi connectivity index (χ1v) is 21.7. The van der Waals surface area contributed by atoms with Crippen LogP contribution in [0.2, 0.25) is 0 Å². The average Bonchev–Trinajstić information content (AvgIpc) is 3.90. The van der Waals surface area contributed by atoms with Gasteiger partial charge in [-0.1, -0.05) is 212 Å². The highest BCUT2D eigenvalue weighted by Crippen LogP contribution is 2.60. The fourth-order valence-corrected chi connectivity index (χ4v) is 10.3. The molecular formula is C61H41NO. The quantitative estimate of drug-likeness (QED) is 0.152. The molecule has 2 nitrogen and oxygen atoms in total. The van der Waals surface area contributed by atoms with Crippen LogP contribution in [0, 0.1) is 0 Å². The number of rotatable bonds is 8. The van der Waals surface area contributed by atoms with E-state index in [1.165, 1.54) is 38.9 Å². The van der Waals surface area contributed by atoms with E-state index in [1.807, 2.05) is 0 Å². The molecule has 0 unspecified atom stereocenters. The molecule has 296 valence electrons. The van der Waals surface area contributed by atoms with E-state index >= 15 is 0 Å². The third kappa shape index (κ3) is 5.80. The predicted octanol–water partition coefficient (Wildman–Crippen LogP) is 16.4. The highest BCUT2D eigenvalue weighted by atomic mass is 16.3. The Bertz CT molecular complexity index is 3390. The minimum atomic E-state index is -0.543. The Morgan fingerprint density at radius 2 is 0.873 bits per heavy atom. The van der Waals surface area contributed by atoms with Crippen LogP contribution in [0.5, 0.6) is 0 Å². The van der Waals surface area contributed by atoms with E-state index < -0.39 is 5.41 Å². The van der Waals surface area contributed by atoms with Gasteiger partial charge in [-0.05, 0) is 92.0 Å². The van der Waals surface area contributed by atoms with Crippen molar-refractivity contribution < 1.29 is 4.42 Å². The second kappa shape index (κ2) is 15.1. The molecule has 63 heavy (non-hydrogen) atoms. The van der Waals surface area contributed by atoms with Gasteiger partial charge < -0.3 is 9.32 Å². The predicted molar refractivity (Wildman–Crippen MR) is 262 cm³/mol. The van der Waals surface area contributed by atoms with Crippen molar-refractivity contribution in [2.45, 2.75) is 5.41 Å². The van der Waals surface area contributed by atoms with Gasteiger partial charge in [-0.25, -0.2) is 0 Å². The number of para-hydroxylation sites is 2. The van der Waals surface area contributed by atoms with Gasteiger partial charge in [0, 0.05) is 33.3 Å². The maximum absolute atomic E-state index is 7.17. The van der Waals surface area contributed by atoms with Gasteiger partial charge in [0.2, 0.25) is 0 Å². The summed E-state index contributed by atoms with van der Waals surface area (Å²) < 4.78 is 7.17. The summed E-state index contributed by atoms with van der Waals surface area (Å²) in [4.78, 5) is 2.44. The lowest BCUT2D eigenvalue weighted by molar-refractivity contribution is 0.670. The van der Waals surface area contributed by atoms with Crippen LogP contribution < -0.4 is 4.90 Å². The normalized spacial score (nSPS) is 12.6. The van der Waals surface area contributed by atoms with Crippen molar-refractivity contribution in [1.29, 1.82) is 0 Å². The van der Waals surface area contributed by atoms with E-state index in [0.717, 1.165) is 66.8 Å². The first-order chi connectivity index (χ1) is 31.3. The fraction of sp³-hybridized carbons (Fsp3) is 0.0164. The monoisotopic (exact) mass is 803 g/mol. The number of hydrogen-bond donors (Lipinski definition) is 0. The summed E-state index contributed by atoms with van der Waals surface area (Å²) >= 11 is 0. The summed E-state index contributed by atoms with van der Waals surface area (Å²) in [5.41, 5.74) is 18.6. The molecule has 0 fully saturated rings. The lowest BCUT2D eigenvalue weighted by atomic mass is 9.67. The van der Waals surface area contributed by atoms with E-state index in [1.54, 1.807) is 0 Å². The lowest BCUT2D eigenvalue weighted by Crippen LogP contribution is -2.28. The van der Waals surface area contributed by atoms with Gasteiger partial charge in [-0.3, -0.25) is 0 Å². The Labute approximate surface area is 367 Å². The topological polar surface area (TPSA) is 16.4 Å². The van der Waals surface area contributed by atoms with Crippen molar-refractivity contribution in [2.75, 3.05) is 4.90 Å². The van der Waals surface area contributed by atoms with Crippen LogP contribution in [0.15, 0.2) is 253 Å². The van der Waals surface area contributed by atoms with Gasteiger partial charge in [0.25, 0.3) is 0 Å². The molecule has 0 saturated heterocycles. The first-order valence-electron chi connectivity index (χ1n) is 21.7. The Morgan fingerprint density at radius 3 is 1.59 bits per heavy atom. The molecule has 11 aromatic rings. The zero-order chi connectivity index (χ0) is 41.7. The zero-order valence-corrected chi connectivity index (χ0v) is 34.5. The molecule has 0 bridgehead atoms. The van der Waals surface area contributed by atoms with Gasteiger partial charge in [0.15, 0.2) is 0 Å². The molecule has 0 radical (unpaired) electrons. The minimum absolute atomic E-state index is 0.543. The summed E-state index contributed by atoms with van der Waals surface area (Å²) in [6.07, 6.45) is 0. The van der Waals surface area contributed by atoms with Gasteiger partial charge in [-0.2, -0.15) is 0 Å². The van der Waals surface area contributed by atoms with E-state index in [2.05, 4.69) is 254 Å². The summed E-state index contributed by atoms with van der Waals surface area (Å²) in [5, 5.41) is 2.17. The van der Waals surface area contributed by atoms with E-state index in [4.69, 9.17) is 4.42 Å². The van der Waals surface area contributed by atoms with E-state index in [9.17, 15) is 0 Å². The Kier molecular flexibility index (Phi) is 8.76. The van der Waals surface area contributed by atoms with Crippen LogP contribution in [0.4, 0.5) is 17.1 Å². The Balaban J connectivity index is 1.23. The van der Waals surface area contributed by atoms with Crippen LogP contribution in [-0.2, 0) is 5.41 Å². The van der Waals surface area contributed by atoms with Gasteiger partial charge in [-0.15, -0.1) is 0 Å². The second-order valence-electron chi connectivity index (χ2n) is 16.3. The van der Waals surface area contributed by atoms with Crippen molar-refractivity contribution >= 4 is 39.0 Å². The van der Waals surface area contributed by atoms with Crippen molar-refractivity contribution in [2.24, 2.45) is 0 Å². The molecule has 0 N–H and O–H groups in total. The van der Waals surface area contributed by atoms with Gasteiger partial charge >= 0.3 is 0 Å². The summed E-state index contributed by atoms with van der Waals surface area (Å²) in [5.74, 6) is 0. The van der Waals surface area contributed by atoms with Crippen molar-refractivity contribution in [1.82, 2.24) is 0 Å². The molecule has 2 heteroatoms. The molecule has 1 aromatic heterocycles. The van der Waals surface area contributed by atoms with Crippen LogP contribution in [0.25, 0.3) is 66.4 Å². The Morgan fingerprint density at radius 1 is 0.349 bits per heavy atom. The zero-order valence-electron chi connectivity index (χ0n) is 34.5. The molecular weight excluding hydrogens is 763 g/mol. The maximum atomic E-state index is 7.17. The SMILES string of the molecule is c1ccc(-c2cccc(N(c3ccccc3)c3cc(-c4cccc5c4-c4ccccc4C5(c4ccccc4)c4ccccc4)c4oc5ccccc5c4c3-c3ccccc3)c2)cc1. The van der Waals surface area contributed by atoms with E-state index in [0.29, 0.717) is 0 Å². The van der Waals surface area contributed by atoms with Crippen LogP contribution in [0.3, 0.4) is 0 Å². The first kappa shape index (κ1) is 36.6. The molecule has 0 atom stereocenters. The largest absolute Gasteiger partial charge is 0.455 e. The molecule has 1 aliphatic carbocycles. The highest BCUT2D eigenvalue weighted by molar-refractivity contribution is 6.21. The van der Waals surface area contributed by atoms with Crippen LogP contribution >= 0.6 is 0 Å². The molecule has 0 saturated carbocycles. The number of benzene rings is 10. The van der Waals surface area contributed by atoms with Crippen molar-refractivity contribution in [3.63, 3.8) is 0 Å². The van der Waals surface area contributed by atoms with Crippen molar-refractivity contribution in [3.05, 3.63) is 271 Å². The van der Waals surface area contributed by atoms with Gasteiger partial charge in [0.1, 0.15) is 11.2 Å². The van der Waals surface area contributed by atoms with Crippen LogP contribution in [-0.4, -0.2) is 0 Å². The second-order valence-corrected chi connectivity index (χ2v) is 16.3. The lowest BCUT2D eigenvalue weighted by Gasteiger charge is -2.34. The fourth-order valence-electron chi connectivity index (χ4n) is 10.3. The molecule has 0 aliphatic heterocycles.